The summed E-state index contributed by atoms with van der Waals surface area (Å²) in [6.07, 6.45) is 7.03. The lowest BCUT2D eigenvalue weighted by Gasteiger charge is -2.37. The van der Waals surface area contributed by atoms with Crippen LogP contribution in [0.15, 0.2) is 79.3 Å². The fourth-order valence-corrected chi connectivity index (χ4v) is 6.78. The highest BCUT2D eigenvalue weighted by Crippen LogP contribution is 2.44. The summed E-state index contributed by atoms with van der Waals surface area (Å²) in [5.41, 5.74) is 5.15. The van der Waals surface area contributed by atoms with Crippen molar-refractivity contribution in [1.82, 2.24) is 19.9 Å². The topological polar surface area (TPSA) is 49.2 Å². The summed E-state index contributed by atoms with van der Waals surface area (Å²) < 4.78 is 2.13. The SMILES string of the molecule is Cc1ccc(-n2cccc2[C@@H]2[C@H](c3ccccn3)NC(=S)N2c2ccc(N3C[C@@H](C)C[C@H](C)C3)c(Cl)c2)nc1. The third-order valence-corrected chi connectivity index (χ3v) is 8.36. The molecular formula is C31H33ClN6S. The van der Waals surface area contributed by atoms with Gasteiger partial charge in [0.1, 0.15) is 11.9 Å². The monoisotopic (exact) mass is 556 g/mol. The fraction of sp³-hybridized carbons (Fsp3) is 0.323. The van der Waals surface area contributed by atoms with Crippen LogP contribution in [-0.2, 0) is 0 Å². The van der Waals surface area contributed by atoms with Gasteiger partial charge in [-0.2, -0.15) is 0 Å². The smallest absolute Gasteiger partial charge is 0.174 e. The second-order valence-corrected chi connectivity index (χ2v) is 11.8. The molecule has 0 amide bonds. The summed E-state index contributed by atoms with van der Waals surface area (Å²) in [6.45, 7) is 8.73. The normalized spacial score (nSPS) is 23.2. The molecule has 4 atom stereocenters. The third kappa shape index (κ3) is 5.01. The Hall–Kier alpha value is -3.42. The lowest BCUT2D eigenvalue weighted by atomic mass is 9.91. The van der Waals surface area contributed by atoms with E-state index in [0.717, 1.165) is 52.3 Å². The maximum absolute atomic E-state index is 6.99. The van der Waals surface area contributed by atoms with Crippen molar-refractivity contribution < 1.29 is 0 Å². The minimum absolute atomic E-state index is 0.153. The molecule has 0 unspecified atom stereocenters. The van der Waals surface area contributed by atoms with Crippen LogP contribution in [0.25, 0.3) is 5.82 Å². The van der Waals surface area contributed by atoms with E-state index in [2.05, 4.69) is 76.1 Å². The zero-order chi connectivity index (χ0) is 27.1. The van der Waals surface area contributed by atoms with E-state index in [1.807, 2.05) is 43.6 Å². The van der Waals surface area contributed by atoms with E-state index in [4.69, 9.17) is 33.8 Å². The first-order chi connectivity index (χ1) is 18.9. The van der Waals surface area contributed by atoms with Gasteiger partial charge in [0, 0.05) is 43.1 Å². The molecule has 0 radical (unpaired) electrons. The van der Waals surface area contributed by atoms with Crippen molar-refractivity contribution in [3.63, 3.8) is 0 Å². The summed E-state index contributed by atoms with van der Waals surface area (Å²) in [6, 6.07) is 20.3. The molecule has 0 spiro atoms. The molecule has 4 aromatic rings. The number of thiocarbonyl (C=S) groups is 1. The Bertz CT molecular complexity index is 1460. The van der Waals surface area contributed by atoms with Crippen molar-refractivity contribution >= 4 is 40.3 Å². The number of anilines is 2. The van der Waals surface area contributed by atoms with Crippen molar-refractivity contribution in [3.05, 3.63) is 101 Å². The fourth-order valence-electron chi connectivity index (χ4n) is 6.14. The van der Waals surface area contributed by atoms with Crippen molar-refractivity contribution in [2.24, 2.45) is 11.8 Å². The van der Waals surface area contributed by atoms with E-state index in [1.54, 1.807) is 0 Å². The highest BCUT2D eigenvalue weighted by molar-refractivity contribution is 7.80. The first kappa shape index (κ1) is 25.8. The molecule has 39 heavy (non-hydrogen) atoms. The predicted octanol–water partition coefficient (Wildman–Crippen LogP) is 6.89. The zero-order valence-corrected chi connectivity index (χ0v) is 24.0. The van der Waals surface area contributed by atoms with Gasteiger partial charge in [-0.15, -0.1) is 0 Å². The molecule has 1 aromatic carbocycles. The van der Waals surface area contributed by atoms with Gasteiger partial charge in [0.25, 0.3) is 0 Å². The van der Waals surface area contributed by atoms with E-state index >= 15 is 0 Å². The molecule has 6 nitrogen and oxygen atoms in total. The number of aromatic nitrogens is 3. The lowest BCUT2D eigenvalue weighted by molar-refractivity contribution is 0.357. The van der Waals surface area contributed by atoms with E-state index in [9.17, 15) is 0 Å². The molecule has 0 aliphatic carbocycles. The van der Waals surface area contributed by atoms with Crippen LogP contribution in [0.3, 0.4) is 0 Å². The quantitative estimate of drug-likeness (QED) is 0.270. The summed E-state index contributed by atoms with van der Waals surface area (Å²) >= 11 is 13.0. The number of nitrogens with zero attached hydrogens (tertiary/aromatic N) is 5. The van der Waals surface area contributed by atoms with Crippen LogP contribution in [0.4, 0.5) is 11.4 Å². The number of hydrogen-bond acceptors (Lipinski definition) is 4. The van der Waals surface area contributed by atoms with Gasteiger partial charge in [0.05, 0.1) is 22.4 Å². The number of halogens is 1. The van der Waals surface area contributed by atoms with Gasteiger partial charge in [0.2, 0.25) is 0 Å². The minimum atomic E-state index is -0.164. The van der Waals surface area contributed by atoms with Crippen molar-refractivity contribution in [2.45, 2.75) is 39.3 Å². The molecule has 6 rings (SSSR count). The standard InChI is InChI=1S/C31H33ClN6S/c1-20-9-12-28(34-17-20)37-14-6-8-27(37)30-29(25-7-4-5-13-33-25)35-31(39)38(30)23-10-11-26(24(32)16-23)36-18-21(2)15-22(3)19-36/h4-14,16-17,21-22,29-30H,15,18-19H2,1-3H3,(H,35,39)/t21-,22-,29-,30+/m0/s1. The second-order valence-electron chi connectivity index (χ2n) is 11.0. The summed E-state index contributed by atoms with van der Waals surface area (Å²) in [5.74, 6) is 2.15. The molecule has 2 aliphatic rings. The number of aryl methyl sites for hydroxylation is 1. The van der Waals surface area contributed by atoms with E-state index in [-0.39, 0.29) is 12.1 Å². The van der Waals surface area contributed by atoms with Crippen LogP contribution in [0.2, 0.25) is 5.02 Å². The Morgan fingerprint density at radius 1 is 0.974 bits per heavy atom. The van der Waals surface area contributed by atoms with Gasteiger partial charge in [0.15, 0.2) is 5.11 Å². The summed E-state index contributed by atoms with van der Waals surface area (Å²) in [4.78, 5) is 14.0. The average Bonchev–Trinajstić information content (AvgIpc) is 3.53. The molecule has 8 heteroatoms. The highest BCUT2D eigenvalue weighted by Gasteiger charge is 2.42. The number of hydrogen-bond donors (Lipinski definition) is 1. The van der Waals surface area contributed by atoms with Gasteiger partial charge >= 0.3 is 0 Å². The van der Waals surface area contributed by atoms with Crippen LogP contribution in [-0.4, -0.2) is 32.7 Å². The van der Waals surface area contributed by atoms with Crippen molar-refractivity contribution in [1.29, 1.82) is 0 Å². The van der Waals surface area contributed by atoms with E-state index in [1.165, 1.54) is 6.42 Å². The number of pyridine rings is 2. The largest absolute Gasteiger partial charge is 0.370 e. The zero-order valence-electron chi connectivity index (χ0n) is 22.5. The molecule has 1 N–H and O–H groups in total. The molecule has 3 aromatic heterocycles. The molecule has 200 valence electrons. The summed E-state index contributed by atoms with van der Waals surface area (Å²) in [5, 5.41) is 4.95. The van der Waals surface area contributed by atoms with Crippen LogP contribution < -0.4 is 15.1 Å². The van der Waals surface area contributed by atoms with Crippen LogP contribution in [0.5, 0.6) is 0 Å². The van der Waals surface area contributed by atoms with Crippen LogP contribution >= 0.6 is 23.8 Å². The predicted molar refractivity (Wildman–Crippen MR) is 163 cm³/mol. The molecule has 5 heterocycles. The Morgan fingerprint density at radius 2 is 1.79 bits per heavy atom. The maximum Gasteiger partial charge on any atom is 0.174 e. The van der Waals surface area contributed by atoms with Gasteiger partial charge in [-0.25, -0.2) is 4.98 Å². The molecule has 2 fully saturated rings. The second kappa shape index (κ2) is 10.6. The highest BCUT2D eigenvalue weighted by atomic mass is 35.5. The van der Waals surface area contributed by atoms with Crippen LogP contribution in [0, 0.1) is 18.8 Å². The van der Waals surface area contributed by atoms with Gasteiger partial charge in [-0.1, -0.05) is 37.6 Å². The molecule has 2 aliphatic heterocycles. The number of piperidine rings is 1. The molecule has 0 saturated carbocycles. The third-order valence-electron chi connectivity index (χ3n) is 7.74. The lowest BCUT2D eigenvalue weighted by Crippen LogP contribution is -2.38. The summed E-state index contributed by atoms with van der Waals surface area (Å²) in [7, 11) is 0. The van der Waals surface area contributed by atoms with Gasteiger partial charge in [-0.3, -0.25) is 4.98 Å². The average molecular weight is 557 g/mol. The minimum Gasteiger partial charge on any atom is -0.370 e. The Morgan fingerprint density at radius 3 is 2.49 bits per heavy atom. The Labute approximate surface area is 240 Å². The van der Waals surface area contributed by atoms with Crippen LogP contribution in [0.1, 0.15) is 49.3 Å². The number of nitrogens with one attached hydrogen (secondary N) is 1. The maximum atomic E-state index is 6.99. The Balaban J connectivity index is 1.42. The molecular weight excluding hydrogens is 524 g/mol. The first-order valence-electron chi connectivity index (χ1n) is 13.5. The van der Waals surface area contributed by atoms with Crippen molar-refractivity contribution in [2.75, 3.05) is 22.9 Å². The Kier molecular flexibility index (Phi) is 7.04. The van der Waals surface area contributed by atoms with Gasteiger partial charge < -0.3 is 19.7 Å². The molecule has 0 bridgehead atoms. The van der Waals surface area contributed by atoms with Gasteiger partial charge in [-0.05, 0) is 91.5 Å². The van der Waals surface area contributed by atoms with E-state index in [0.29, 0.717) is 16.9 Å². The number of benzene rings is 1. The molecule has 2 saturated heterocycles. The van der Waals surface area contributed by atoms with E-state index < -0.39 is 0 Å². The van der Waals surface area contributed by atoms with Crippen molar-refractivity contribution in [3.8, 4) is 5.82 Å². The first-order valence-corrected chi connectivity index (χ1v) is 14.3. The number of rotatable bonds is 5.